The highest BCUT2D eigenvalue weighted by molar-refractivity contribution is 6.15. The van der Waals surface area contributed by atoms with Crippen molar-refractivity contribution in [2.24, 2.45) is 7.05 Å². The number of nitrogens with one attached hydrogen (secondary N) is 1. The van der Waals surface area contributed by atoms with Gasteiger partial charge in [-0.1, -0.05) is 12.1 Å². The first-order valence-corrected chi connectivity index (χ1v) is 11.2. The minimum Gasteiger partial charge on any atom is -0.497 e. The first-order chi connectivity index (χ1) is 17.7. The van der Waals surface area contributed by atoms with Crippen LogP contribution < -0.4 is 10.1 Å². The van der Waals surface area contributed by atoms with Gasteiger partial charge in [0.25, 0.3) is 5.91 Å². The minimum absolute atomic E-state index is 0.00568. The van der Waals surface area contributed by atoms with E-state index >= 15 is 4.39 Å². The quantitative estimate of drug-likeness (QED) is 0.353. The fourth-order valence-corrected chi connectivity index (χ4v) is 4.33. The summed E-state index contributed by atoms with van der Waals surface area (Å²) in [7, 11) is 3.22. The molecule has 0 saturated carbocycles. The molecule has 0 bridgehead atoms. The van der Waals surface area contributed by atoms with Crippen LogP contribution in [0.1, 0.15) is 32.4 Å². The number of methoxy groups -OCH3 is 1. The van der Waals surface area contributed by atoms with Crippen LogP contribution in [0, 0.1) is 5.82 Å². The predicted molar refractivity (Wildman–Crippen MR) is 136 cm³/mol. The van der Waals surface area contributed by atoms with E-state index in [1.54, 1.807) is 54.3 Å². The van der Waals surface area contributed by atoms with Gasteiger partial charge < -0.3 is 15.2 Å². The molecule has 2 aromatic heterocycles. The van der Waals surface area contributed by atoms with Crippen LogP contribution in [-0.4, -0.2) is 44.3 Å². The van der Waals surface area contributed by atoms with Crippen LogP contribution in [0.5, 0.6) is 5.75 Å². The molecule has 2 heterocycles. The first kappa shape index (κ1) is 23.7. The fraction of sp³-hybridized carbons (Fsp3) is 0.111. The van der Waals surface area contributed by atoms with Crippen molar-refractivity contribution in [1.82, 2.24) is 14.3 Å². The first-order valence-electron chi connectivity index (χ1n) is 11.2. The van der Waals surface area contributed by atoms with Crippen molar-refractivity contribution in [2.75, 3.05) is 12.4 Å². The van der Waals surface area contributed by atoms with Crippen LogP contribution in [0.3, 0.4) is 0 Å². The number of benzene rings is 3. The molecule has 0 spiro atoms. The molecule has 1 amide bonds. The Hall–Kier alpha value is -4.99. The molecule has 0 aliphatic heterocycles. The number of aromatic nitrogens is 3. The highest BCUT2D eigenvalue weighted by atomic mass is 19.1. The highest BCUT2D eigenvalue weighted by Crippen LogP contribution is 2.33. The number of fused-ring (bicyclic) bond motifs is 2. The number of carboxylic acid groups (broad SMARTS) is 1. The molecule has 0 unspecified atom stereocenters. The number of halogens is 1. The lowest BCUT2D eigenvalue weighted by Gasteiger charge is -2.12. The van der Waals surface area contributed by atoms with Crippen LogP contribution >= 0.6 is 0 Å². The average Bonchev–Trinajstić information content (AvgIpc) is 3.45. The van der Waals surface area contributed by atoms with Crippen LogP contribution in [-0.2, 0) is 7.05 Å². The number of carboxylic acids is 1. The van der Waals surface area contributed by atoms with E-state index in [0.717, 1.165) is 17.0 Å². The van der Waals surface area contributed by atoms with E-state index in [4.69, 9.17) is 4.74 Å². The maximum atomic E-state index is 15.8. The molecule has 10 heteroatoms. The summed E-state index contributed by atoms with van der Waals surface area (Å²) < 4.78 is 23.9. The fourth-order valence-electron chi connectivity index (χ4n) is 4.33. The Morgan fingerprint density at radius 2 is 1.84 bits per heavy atom. The largest absolute Gasteiger partial charge is 0.497 e. The molecule has 186 valence electrons. The van der Waals surface area contributed by atoms with E-state index in [9.17, 15) is 19.5 Å². The summed E-state index contributed by atoms with van der Waals surface area (Å²) in [6.45, 7) is 1.35. The molecule has 0 aliphatic carbocycles. The van der Waals surface area contributed by atoms with Crippen LogP contribution in [0.2, 0.25) is 0 Å². The summed E-state index contributed by atoms with van der Waals surface area (Å²) in [5.41, 5.74) is 1.22. The number of carbonyl (C=O) groups is 3. The summed E-state index contributed by atoms with van der Waals surface area (Å²) in [5.74, 6) is -2.65. The number of nitrogens with zero attached hydrogens (tertiary/aromatic N) is 3. The molecule has 0 fully saturated rings. The third kappa shape index (κ3) is 4.08. The Balaban J connectivity index is 1.62. The van der Waals surface area contributed by atoms with Gasteiger partial charge in [0, 0.05) is 36.5 Å². The molecule has 5 aromatic rings. The zero-order valence-corrected chi connectivity index (χ0v) is 20.1. The van der Waals surface area contributed by atoms with Crippen LogP contribution in [0.4, 0.5) is 10.1 Å². The number of ether oxygens (including phenoxy) is 1. The Labute approximate surface area is 209 Å². The third-order valence-corrected chi connectivity index (χ3v) is 6.22. The van der Waals surface area contributed by atoms with E-state index < -0.39 is 17.7 Å². The van der Waals surface area contributed by atoms with E-state index in [2.05, 4.69) is 10.4 Å². The standard InChI is InChI=1S/C27H21FN4O5/c1-14(33)32-13-21(20-11-18(37-3)6-7-23(20)32)26(34)30-22-9-17(27(35)36)8-19(25(22)28)15-4-5-16-12-29-31(2)24(16)10-15/h4-13H,1-3H3,(H,30,34)(H,35,36). The summed E-state index contributed by atoms with van der Waals surface area (Å²) >= 11 is 0. The van der Waals surface area contributed by atoms with Gasteiger partial charge >= 0.3 is 5.97 Å². The van der Waals surface area contributed by atoms with Gasteiger partial charge in [0.05, 0.1) is 41.2 Å². The van der Waals surface area contributed by atoms with Crippen molar-refractivity contribution in [3.05, 3.63) is 77.9 Å². The number of hydrogen-bond acceptors (Lipinski definition) is 5. The molecular formula is C27H21FN4O5. The molecule has 37 heavy (non-hydrogen) atoms. The van der Waals surface area contributed by atoms with E-state index in [-0.39, 0.29) is 28.3 Å². The topological polar surface area (TPSA) is 115 Å². The van der Waals surface area contributed by atoms with Gasteiger partial charge in [-0.2, -0.15) is 5.10 Å². The third-order valence-electron chi connectivity index (χ3n) is 6.22. The molecule has 0 radical (unpaired) electrons. The average molecular weight is 500 g/mol. The lowest BCUT2D eigenvalue weighted by Crippen LogP contribution is -2.14. The van der Waals surface area contributed by atoms with Crippen molar-refractivity contribution in [3.63, 3.8) is 0 Å². The minimum atomic E-state index is -1.28. The summed E-state index contributed by atoms with van der Waals surface area (Å²) in [6, 6.07) is 12.3. The van der Waals surface area contributed by atoms with Crippen molar-refractivity contribution in [1.29, 1.82) is 0 Å². The number of aryl methyl sites for hydroxylation is 1. The van der Waals surface area contributed by atoms with Gasteiger partial charge in [-0.3, -0.25) is 18.8 Å². The number of carbonyl (C=O) groups excluding carboxylic acids is 2. The summed E-state index contributed by atoms with van der Waals surface area (Å²) in [4.78, 5) is 37.3. The predicted octanol–water partition coefficient (Wildman–Crippen LogP) is 4.95. The summed E-state index contributed by atoms with van der Waals surface area (Å²) in [5, 5.41) is 17.6. The lowest BCUT2D eigenvalue weighted by atomic mass is 10.00. The second-order valence-electron chi connectivity index (χ2n) is 8.50. The number of anilines is 1. The molecular weight excluding hydrogens is 479 g/mol. The van der Waals surface area contributed by atoms with Gasteiger partial charge in [-0.15, -0.1) is 0 Å². The van der Waals surface area contributed by atoms with Gasteiger partial charge in [-0.05, 0) is 42.0 Å². The Bertz CT molecular complexity index is 1750. The molecule has 3 aromatic carbocycles. The van der Waals surface area contributed by atoms with E-state index in [0.29, 0.717) is 22.2 Å². The van der Waals surface area contributed by atoms with E-state index in [1.807, 2.05) is 0 Å². The molecule has 2 N–H and O–H groups in total. The lowest BCUT2D eigenvalue weighted by molar-refractivity contribution is 0.0696. The second kappa shape index (κ2) is 8.90. The summed E-state index contributed by atoms with van der Waals surface area (Å²) in [6.07, 6.45) is 3.03. The van der Waals surface area contributed by atoms with Crippen molar-refractivity contribution in [2.45, 2.75) is 6.92 Å². The zero-order chi connectivity index (χ0) is 26.4. The maximum Gasteiger partial charge on any atom is 0.335 e. The van der Waals surface area contributed by atoms with Gasteiger partial charge in [0.2, 0.25) is 5.91 Å². The molecule has 0 saturated heterocycles. The Morgan fingerprint density at radius 1 is 1.05 bits per heavy atom. The second-order valence-corrected chi connectivity index (χ2v) is 8.50. The maximum absolute atomic E-state index is 15.8. The number of rotatable bonds is 5. The molecule has 0 atom stereocenters. The Kier molecular flexibility index (Phi) is 5.71. The normalized spacial score (nSPS) is 11.1. The SMILES string of the molecule is COc1ccc2c(c1)c(C(=O)Nc1cc(C(=O)O)cc(-c3ccc4cnn(C)c4c3)c1F)cn2C(C)=O. The smallest absolute Gasteiger partial charge is 0.335 e. The van der Waals surface area contributed by atoms with Crippen LogP contribution in [0.25, 0.3) is 32.9 Å². The molecule has 9 nitrogen and oxygen atoms in total. The van der Waals surface area contributed by atoms with Crippen molar-refractivity contribution in [3.8, 4) is 16.9 Å². The highest BCUT2D eigenvalue weighted by Gasteiger charge is 2.22. The number of aromatic carboxylic acids is 1. The van der Waals surface area contributed by atoms with Gasteiger partial charge in [0.15, 0.2) is 5.82 Å². The van der Waals surface area contributed by atoms with Crippen molar-refractivity contribution >= 4 is 45.3 Å². The van der Waals surface area contributed by atoms with Gasteiger partial charge in [-0.25, -0.2) is 9.18 Å². The zero-order valence-electron chi connectivity index (χ0n) is 20.1. The van der Waals surface area contributed by atoms with Crippen LogP contribution in [0.15, 0.2) is 60.9 Å². The Morgan fingerprint density at radius 3 is 2.54 bits per heavy atom. The number of amides is 1. The van der Waals surface area contributed by atoms with E-state index in [1.165, 1.54) is 30.9 Å². The monoisotopic (exact) mass is 500 g/mol. The molecule has 0 aliphatic rings. The van der Waals surface area contributed by atoms with Gasteiger partial charge in [0.1, 0.15) is 5.75 Å². The number of hydrogen-bond donors (Lipinski definition) is 2. The van der Waals surface area contributed by atoms with Crippen molar-refractivity contribution < 1.29 is 28.6 Å². The molecule has 5 rings (SSSR count).